The van der Waals surface area contributed by atoms with Crippen LogP contribution in [0, 0.1) is 0 Å². The summed E-state index contributed by atoms with van der Waals surface area (Å²) in [5, 5.41) is 0. The van der Waals surface area contributed by atoms with E-state index in [1.165, 1.54) is 29.1 Å². The molecule has 0 N–H and O–H groups in total. The standard InChI is InChI=1S/C18H33P.2C15H12O2.Ni/c1-4-10-16(11-5-1)19(17-12-6-2-7-13-17)18-14-8-3-9-15-18;2*16-15(17-14-9-5-2-6-10-14)12-11-13-7-3-1-4-8-13;/h16-18H,1-15H2;2*1-12H;/p+1/b;2*12-11+;. The molecular formula is C48H58NiO4P+. The largest absolute Gasteiger partial charge is 0.423 e. The zero-order valence-corrected chi connectivity index (χ0v) is 33.6. The van der Waals surface area contributed by atoms with E-state index in [1.54, 1.807) is 133 Å². The maximum absolute atomic E-state index is 11.5. The van der Waals surface area contributed by atoms with Crippen LogP contribution in [0.3, 0.4) is 0 Å². The predicted molar refractivity (Wildman–Crippen MR) is 224 cm³/mol. The number of para-hydroxylation sites is 2. The number of carbonyl (C=O) groups is 2. The van der Waals surface area contributed by atoms with Gasteiger partial charge in [0, 0.05) is 36.6 Å². The van der Waals surface area contributed by atoms with Crippen molar-refractivity contribution in [3.05, 3.63) is 145 Å². The summed E-state index contributed by atoms with van der Waals surface area (Å²) in [6, 6.07) is 37.2. The van der Waals surface area contributed by atoms with Gasteiger partial charge in [0.1, 0.15) is 11.5 Å². The first-order chi connectivity index (χ1) is 26.1. The van der Waals surface area contributed by atoms with Crippen molar-refractivity contribution in [3.8, 4) is 11.5 Å². The summed E-state index contributed by atoms with van der Waals surface area (Å²) in [5.74, 6) is 0.352. The molecule has 0 bridgehead atoms. The molecule has 0 saturated heterocycles. The van der Waals surface area contributed by atoms with E-state index in [2.05, 4.69) is 0 Å². The Hall–Kier alpha value is -3.78. The summed E-state index contributed by atoms with van der Waals surface area (Å²) in [6.45, 7) is 0. The van der Waals surface area contributed by atoms with Crippen molar-refractivity contribution < 1.29 is 35.6 Å². The third kappa shape index (κ3) is 15.9. The Morgan fingerprint density at radius 3 is 1.00 bits per heavy atom. The van der Waals surface area contributed by atoms with Crippen molar-refractivity contribution in [1.29, 1.82) is 0 Å². The molecular weight excluding hydrogens is 730 g/mol. The second kappa shape index (κ2) is 25.3. The summed E-state index contributed by atoms with van der Waals surface area (Å²) < 4.78 is 10.2. The smallest absolute Gasteiger partial charge is 0.336 e. The Bertz CT molecular complexity index is 1500. The van der Waals surface area contributed by atoms with E-state index in [0.717, 1.165) is 11.1 Å². The molecule has 0 spiro atoms. The molecule has 3 saturated carbocycles. The zero-order valence-electron chi connectivity index (χ0n) is 31.6. The minimum atomic E-state index is -0.375. The van der Waals surface area contributed by atoms with Crippen LogP contribution in [0.25, 0.3) is 12.2 Å². The molecule has 3 fully saturated rings. The first kappa shape index (κ1) is 43.0. The minimum Gasteiger partial charge on any atom is -0.423 e. The average molecular weight is 789 g/mol. The van der Waals surface area contributed by atoms with Gasteiger partial charge in [-0.25, -0.2) is 9.59 Å². The van der Waals surface area contributed by atoms with Gasteiger partial charge in [0.05, 0.1) is 17.0 Å². The first-order valence-corrected chi connectivity index (χ1v) is 21.7. The van der Waals surface area contributed by atoms with Crippen molar-refractivity contribution in [1.82, 2.24) is 0 Å². The van der Waals surface area contributed by atoms with Crippen molar-refractivity contribution in [3.63, 3.8) is 0 Å². The van der Waals surface area contributed by atoms with Gasteiger partial charge in [0.2, 0.25) is 0 Å². The Kier molecular flexibility index (Phi) is 20.2. The van der Waals surface area contributed by atoms with Crippen LogP contribution >= 0.6 is 7.92 Å². The Morgan fingerprint density at radius 2 is 0.704 bits per heavy atom. The molecule has 0 radical (unpaired) electrons. The number of hydrogen-bond donors (Lipinski definition) is 0. The first-order valence-electron chi connectivity index (χ1n) is 20.0. The number of benzene rings is 4. The molecule has 7 rings (SSSR count). The third-order valence-electron chi connectivity index (χ3n) is 10.6. The summed E-state index contributed by atoms with van der Waals surface area (Å²) >= 11 is 0. The molecule has 0 amide bonds. The van der Waals surface area contributed by atoms with Gasteiger partial charge in [-0.05, 0) is 125 Å². The predicted octanol–water partition coefficient (Wildman–Crippen LogP) is 12.8. The molecule has 4 aromatic rings. The summed E-state index contributed by atoms with van der Waals surface area (Å²) in [7, 11) is -0.0465. The van der Waals surface area contributed by atoms with Crippen molar-refractivity contribution in [2.75, 3.05) is 0 Å². The number of rotatable bonds is 9. The number of carbonyl (C=O) groups excluding carboxylic acids is 2. The van der Waals surface area contributed by atoms with Crippen LogP contribution in [-0.2, 0) is 26.1 Å². The molecule has 3 aliphatic carbocycles. The van der Waals surface area contributed by atoms with Crippen LogP contribution in [0.1, 0.15) is 107 Å². The van der Waals surface area contributed by atoms with Crippen molar-refractivity contribution in [2.24, 2.45) is 0 Å². The fraction of sp³-hybridized carbons (Fsp3) is 0.375. The van der Waals surface area contributed by atoms with Gasteiger partial charge in [-0.15, -0.1) is 0 Å². The van der Waals surface area contributed by atoms with Gasteiger partial charge in [-0.2, -0.15) is 0 Å². The van der Waals surface area contributed by atoms with E-state index in [4.69, 9.17) is 9.47 Å². The molecule has 4 nitrogen and oxygen atoms in total. The van der Waals surface area contributed by atoms with Crippen LogP contribution in [0.15, 0.2) is 133 Å². The fourth-order valence-corrected chi connectivity index (χ4v) is 13.3. The molecule has 6 heteroatoms. The Labute approximate surface area is 335 Å². The number of esters is 2. The van der Waals surface area contributed by atoms with E-state index in [0.29, 0.717) is 11.5 Å². The molecule has 0 atom stereocenters. The van der Waals surface area contributed by atoms with Gasteiger partial charge in [-0.1, -0.05) is 116 Å². The van der Waals surface area contributed by atoms with Crippen LogP contribution in [0.5, 0.6) is 11.5 Å². The summed E-state index contributed by atoms with van der Waals surface area (Å²) in [4.78, 5) is 23.0. The molecule has 0 aromatic heterocycles. The topological polar surface area (TPSA) is 52.6 Å². The Morgan fingerprint density at radius 1 is 0.426 bits per heavy atom. The maximum atomic E-state index is 11.5. The normalized spacial score (nSPS) is 16.7. The summed E-state index contributed by atoms with van der Waals surface area (Å²) in [5.41, 5.74) is 5.62. The third-order valence-corrected chi connectivity index (χ3v) is 15.1. The van der Waals surface area contributed by atoms with E-state index in [1.807, 2.05) is 97.1 Å². The fourth-order valence-electron chi connectivity index (χ4n) is 8.04. The van der Waals surface area contributed by atoms with Gasteiger partial charge < -0.3 is 9.47 Å². The van der Waals surface area contributed by atoms with E-state index in [9.17, 15) is 9.59 Å². The van der Waals surface area contributed by atoms with E-state index < -0.39 is 0 Å². The number of hydrogen-bond acceptors (Lipinski definition) is 4. The monoisotopic (exact) mass is 787 g/mol. The molecule has 3 aliphatic rings. The van der Waals surface area contributed by atoms with Crippen LogP contribution in [0.2, 0.25) is 0 Å². The molecule has 288 valence electrons. The van der Waals surface area contributed by atoms with E-state index >= 15 is 0 Å². The zero-order chi connectivity index (χ0) is 36.8. The maximum Gasteiger partial charge on any atom is 0.336 e. The van der Waals surface area contributed by atoms with Gasteiger partial charge in [-0.3, -0.25) is 0 Å². The van der Waals surface area contributed by atoms with Gasteiger partial charge >= 0.3 is 11.9 Å². The van der Waals surface area contributed by atoms with Gasteiger partial charge in [0.25, 0.3) is 0 Å². The minimum absolute atomic E-state index is 0. The van der Waals surface area contributed by atoms with Crippen molar-refractivity contribution in [2.45, 2.75) is 113 Å². The molecule has 4 aromatic carbocycles. The quantitative estimate of drug-likeness (QED) is 0.0557. The Balaban J connectivity index is 0.000000179. The second-order valence-electron chi connectivity index (χ2n) is 14.5. The van der Waals surface area contributed by atoms with Crippen LogP contribution in [-0.4, -0.2) is 28.9 Å². The molecule has 0 aliphatic heterocycles. The SMILES string of the molecule is C1CCC([PH+](C2CCCCC2)C2CCCCC2)CC1.O=C(/C=C/c1ccccc1)Oc1ccccc1.O=C(/C=C/c1ccccc1)Oc1ccccc1.[Ni]. The van der Waals surface area contributed by atoms with Crippen LogP contribution in [0.4, 0.5) is 0 Å². The van der Waals surface area contributed by atoms with E-state index in [-0.39, 0.29) is 36.4 Å². The second-order valence-corrected chi connectivity index (χ2v) is 17.9. The molecule has 0 unspecified atom stereocenters. The molecule has 0 heterocycles. The summed E-state index contributed by atoms with van der Waals surface area (Å²) in [6.07, 6.45) is 30.1. The number of ether oxygens (including phenoxy) is 2. The van der Waals surface area contributed by atoms with Crippen molar-refractivity contribution >= 4 is 32.0 Å². The molecule has 54 heavy (non-hydrogen) atoms. The average Bonchev–Trinajstić information content (AvgIpc) is 3.23. The van der Waals surface area contributed by atoms with Gasteiger partial charge in [0.15, 0.2) is 0 Å². The van der Waals surface area contributed by atoms with Crippen LogP contribution < -0.4 is 9.47 Å².